The molecule has 0 aromatic carbocycles. The molecule has 51 heavy (non-hydrogen) atoms. The van der Waals surface area contributed by atoms with Crippen molar-refractivity contribution in [1.29, 1.82) is 0 Å². The molecule has 0 bridgehead atoms. The highest BCUT2D eigenvalue weighted by molar-refractivity contribution is 7.47. The molecule has 2 atom stereocenters. The van der Waals surface area contributed by atoms with Gasteiger partial charge >= 0.3 is 13.8 Å². The molecule has 2 unspecified atom stereocenters. The third-order valence-electron chi connectivity index (χ3n) is 7.58. The van der Waals surface area contributed by atoms with Crippen LogP contribution < -0.4 is 5.73 Å². The minimum Gasteiger partial charge on any atom is -0.457 e. The van der Waals surface area contributed by atoms with Crippen molar-refractivity contribution < 1.29 is 32.8 Å². The quantitative estimate of drug-likeness (QED) is 0.0283. The van der Waals surface area contributed by atoms with Crippen LogP contribution in [0.4, 0.5) is 0 Å². The fourth-order valence-electron chi connectivity index (χ4n) is 4.74. The van der Waals surface area contributed by atoms with Crippen molar-refractivity contribution in [2.45, 2.75) is 142 Å². The van der Waals surface area contributed by atoms with Gasteiger partial charge in [-0.1, -0.05) is 144 Å². The van der Waals surface area contributed by atoms with Crippen LogP contribution >= 0.6 is 7.82 Å². The molecule has 0 heterocycles. The van der Waals surface area contributed by atoms with E-state index in [0.29, 0.717) is 13.0 Å². The first-order valence-corrected chi connectivity index (χ1v) is 21.1. The maximum Gasteiger partial charge on any atom is 0.472 e. The summed E-state index contributed by atoms with van der Waals surface area (Å²) in [6.45, 7) is 4.62. The molecule has 0 spiro atoms. The molecule has 0 amide bonds. The predicted molar refractivity (Wildman–Crippen MR) is 215 cm³/mol. The highest BCUT2D eigenvalue weighted by atomic mass is 31.2. The molecule has 0 rings (SSSR count). The summed E-state index contributed by atoms with van der Waals surface area (Å²) < 4.78 is 33.2. The van der Waals surface area contributed by atoms with Crippen LogP contribution in [0.3, 0.4) is 0 Å². The fourth-order valence-corrected chi connectivity index (χ4v) is 5.50. The Hall–Kier alpha value is -2.32. The van der Waals surface area contributed by atoms with Gasteiger partial charge in [0.25, 0.3) is 0 Å². The lowest BCUT2D eigenvalue weighted by molar-refractivity contribution is -0.154. The number of phosphoric acid groups is 1. The van der Waals surface area contributed by atoms with E-state index in [1.165, 1.54) is 32.1 Å². The van der Waals surface area contributed by atoms with Crippen molar-refractivity contribution in [3.8, 4) is 0 Å². The van der Waals surface area contributed by atoms with Crippen LogP contribution in [0, 0.1) is 0 Å². The summed E-state index contributed by atoms with van der Waals surface area (Å²) in [6, 6.07) is 0. The van der Waals surface area contributed by atoms with Gasteiger partial charge in [0.2, 0.25) is 0 Å². The number of ether oxygens (including phenoxy) is 2. The summed E-state index contributed by atoms with van der Waals surface area (Å²) in [4.78, 5) is 22.3. The molecule has 0 aromatic rings. The van der Waals surface area contributed by atoms with E-state index in [2.05, 4.69) is 98.9 Å². The zero-order valence-corrected chi connectivity index (χ0v) is 32.9. The van der Waals surface area contributed by atoms with Crippen molar-refractivity contribution in [3.05, 3.63) is 85.1 Å². The topological polar surface area (TPSA) is 117 Å². The van der Waals surface area contributed by atoms with Crippen LogP contribution in [0.1, 0.15) is 136 Å². The summed E-state index contributed by atoms with van der Waals surface area (Å²) in [5, 5.41) is 0. The van der Waals surface area contributed by atoms with Crippen LogP contribution in [-0.4, -0.2) is 49.9 Å². The van der Waals surface area contributed by atoms with Gasteiger partial charge in [0.05, 0.1) is 19.8 Å². The van der Waals surface area contributed by atoms with Crippen molar-refractivity contribution >= 4 is 13.8 Å². The van der Waals surface area contributed by atoms with Gasteiger partial charge in [0.15, 0.2) is 0 Å². The molecule has 0 radical (unpaired) electrons. The Kier molecular flexibility index (Phi) is 37.1. The average molecular weight is 734 g/mol. The Balaban J connectivity index is 4.11. The van der Waals surface area contributed by atoms with Crippen molar-refractivity contribution in [3.63, 3.8) is 0 Å². The Morgan fingerprint density at radius 2 is 1.10 bits per heavy atom. The van der Waals surface area contributed by atoms with Gasteiger partial charge in [-0.15, -0.1) is 0 Å². The number of phosphoric ester groups is 1. The molecule has 0 aromatic heterocycles. The van der Waals surface area contributed by atoms with E-state index in [9.17, 15) is 14.3 Å². The number of rotatable bonds is 36. The number of carbonyl (C=O) groups excluding carboxylic acids is 1. The lowest BCUT2D eigenvalue weighted by Gasteiger charge is -2.20. The smallest absolute Gasteiger partial charge is 0.457 e. The van der Waals surface area contributed by atoms with E-state index in [4.69, 9.17) is 24.3 Å². The Labute approximate surface area is 311 Å². The number of esters is 1. The third kappa shape index (κ3) is 38.7. The standard InChI is InChI=1S/C42H72NO7P/c1-3-5-7-9-11-13-14-15-16-17-18-19-20-21-22-23-24-25-26-27-28-30-32-34-37-47-39-41(40-49-51(45,46)48-38-36-43)50-42(44)35-33-31-29-12-10-8-6-4-2/h5,7,11,13,15-16,18-19,21-22,24-25,27-28,41H,3-4,6,8-10,12,14,17,20,23,26,29-40,43H2,1-2H3,(H,45,46)/b7-5-,13-11-,16-15-,19-18-,22-21-,25-24-,28-27-. The second-order valence-electron chi connectivity index (χ2n) is 12.4. The van der Waals surface area contributed by atoms with Crippen LogP contribution in [0.25, 0.3) is 0 Å². The molecule has 0 aliphatic carbocycles. The second-order valence-corrected chi connectivity index (χ2v) is 13.9. The normalized spacial score (nSPS) is 14.5. The summed E-state index contributed by atoms with van der Waals surface area (Å²) in [7, 11) is -4.28. The molecule has 0 saturated carbocycles. The van der Waals surface area contributed by atoms with Crippen LogP contribution in [-0.2, 0) is 27.9 Å². The maximum atomic E-state index is 12.4. The number of nitrogens with two attached hydrogens (primary N) is 1. The van der Waals surface area contributed by atoms with E-state index < -0.39 is 13.9 Å². The minimum absolute atomic E-state index is 0.0819. The van der Waals surface area contributed by atoms with Crippen molar-refractivity contribution in [2.75, 3.05) is 33.0 Å². The van der Waals surface area contributed by atoms with E-state index in [1.54, 1.807) is 0 Å². The molecule has 292 valence electrons. The van der Waals surface area contributed by atoms with Crippen molar-refractivity contribution in [2.24, 2.45) is 5.73 Å². The lowest BCUT2D eigenvalue weighted by atomic mass is 10.1. The number of hydrogen-bond acceptors (Lipinski definition) is 7. The van der Waals surface area contributed by atoms with E-state index in [0.717, 1.165) is 83.5 Å². The molecule has 0 saturated heterocycles. The molecular formula is C42H72NO7P. The van der Waals surface area contributed by atoms with Gasteiger partial charge < -0.3 is 20.1 Å². The number of hydrogen-bond donors (Lipinski definition) is 2. The highest BCUT2D eigenvalue weighted by Gasteiger charge is 2.25. The van der Waals surface area contributed by atoms with E-state index in [1.807, 2.05) is 0 Å². The SMILES string of the molecule is CC/C=C\C/C=C\C/C=C\C/C=C\C/C=C\C/C=C\C/C=C\CCCCOCC(COP(=O)(O)OCCN)OC(=O)CCCCCCCCCC. The first-order chi connectivity index (χ1) is 24.9. The largest absolute Gasteiger partial charge is 0.472 e. The Bertz CT molecular complexity index is 1050. The summed E-state index contributed by atoms with van der Waals surface area (Å²) in [5.74, 6) is -0.356. The minimum atomic E-state index is -4.28. The number of allylic oxidation sites excluding steroid dienone is 14. The zero-order valence-electron chi connectivity index (χ0n) is 32.1. The molecule has 0 aliphatic heterocycles. The van der Waals surface area contributed by atoms with E-state index >= 15 is 0 Å². The van der Waals surface area contributed by atoms with Crippen LogP contribution in [0.2, 0.25) is 0 Å². The first kappa shape index (κ1) is 48.7. The zero-order chi connectivity index (χ0) is 37.4. The molecule has 9 heteroatoms. The second kappa shape index (κ2) is 38.9. The fraction of sp³-hybridized carbons (Fsp3) is 0.643. The molecule has 0 aliphatic rings. The summed E-state index contributed by atoms with van der Waals surface area (Å²) in [5.41, 5.74) is 5.34. The monoisotopic (exact) mass is 734 g/mol. The molecule has 8 nitrogen and oxygen atoms in total. The van der Waals surface area contributed by atoms with Gasteiger partial charge in [-0.2, -0.15) is 0 Å². The van der Waals surface area contributed by atoms with Gasteiger partial charge in [0, 0.05) is 19.6 Å². The van der Waals surface area contributed by atoms with Crippen LogP contribution in [0.5, 0.6) is 0 Å². The van der Waals surface area contributed by atoms with Gasteiger partial charge in [-0.3, -0.25) is 13.8 Å². The Morgan fingerprint density at radius 1 is 0.608 bits per heavy atom. The number of carbonyl (C=O) groups is 1. The molecule has 3 N–H and O–H groups in total. The maximum absolute atomic E-state index is 12.4. The van der Waals surface area contributed by atoms with Gasteiger partial charge in [0.1, 0.15) is 6.10 Å². The lowest BCUT2D eigenvalue weighted by Crippen LogP contribution is -2.28. The molecular weight excluding hydrogens is 661 g/mol. The number of unbranched alkanes of at least 4 members (excludes halogenated alkanes) is 9. The van der Waals surface area contributed by atoms with Gasteiger partial charge in [-0.05, 0) is 70.6 Å². The van der Waals surface area contributed by atoms with Crippen LogP contribution in [0.15, 0.2) is 85.1 Å². The molecule has 0 fully saturated rings. The van der Waals surface area contributed by atoms with E-state index in [-0.39, 0.29) is 32.3 Å². The Morgan fingerprint density at radius 3 is 1.61 bits per heavy atom. The third-order valence-corrected chi connectivity index (χ3v) is 8.56. The summed E-state index contributed by atoms with van der Waals surface area (Å²) >= 11 is 0. The predicted octanol–water partition coefficient (Wildman–Crippen LogP) is 11.4. The first-order valence-electron chi connectivity index (χ1n) is 19.6. The summed E-state index contributed by atoms with van der Waals surface area (Å²) in [6.07, 6.45) is 49.1. The van der Waals surface area contributed by atoms with Crippen molar-refractivity contribution in [1.82, 2.24) is 0 Å². The highest BCUT2D eigenvalue weighted by Crippen LogP contribution is 2.43. The average Bonchev–Trinajstić information content (AvgIpc) is 3.12. The van der Waals surface area contributed by atoms with Gasteiger partial charge in [-0.25, -0.2) is 4.57 Å².